The van der Waals surface area contributed by atoms with Crippen LogP contribution in [0.15, 0.2) is 18.2 Å². The molecule has 1 unspecified atom stereocenters. The smallest absolute Gasteiger partial charge is 0.369 e. The van der Waals surface area contributed by atoms with Gasteiger partial charge >= 0.3 is 8.56 Å². The van der Waals surface area contributed by atoms with Gasteiger partial charge in [-0.1, -0.05) is 32.3 Å². The van der Waals surface area contributed by atoms with Crippen LogP contribution >= 0.6 is 0 Å². The summed E-state index contributed by atoms with van der Waals surface area (Å²) in [6.07, 6.45) is 5.81. The standard InChI is InChI=1S/C20H34O4Si/c1-6-9-10-11-14-20(4)21-16-17-15-18(12-13-19(17)24-20)25(5,22-7-2)23-8-3/h12-13,15H,6-11,14,16H2,1-5H3. The van der Waals surface area contributed by atoms with Crippen LogP contribution < -0.4 is 9.92 Å². The molecule has 25 heavy (non-hydrogen) atoms. The molecule has 1 aromatic rings. The van der Waals surface area contributed by atoms with Gasteiger partial charge < -0.3 is 18.3 Å². The third-order valence-electron chi connectivity index (χ3n) is 4.77. The Balaban J connectivity index is 2.10. The molecule has 1 aliphatic heterocycles. The van der Waals surface area contributed by atoms with Crippen molar-refractivity contribution in [1.29, 1.82) is 0 Å². The highest BCUT2D eigenvalue weighted by molar-refractivity contribution is 6.80. The Morgan fingerprint density at radius 2 is 1.80 bits per heavy atom. The van der Waals surface area contributed by atoms with Gasteiger partial charge in [-0.15, -0.1) is 0 Å². The molecule has 1 atom stereocenters. The van der Waals surface area contributed by atoms with E-state index in [-0.39, 0.29) is 0 Å². The summed E-state index contributed by atoms with van der Waals surface area (Å²) in [7, 11) is -2.36. The Morgan fingerprint density at radius 3 is 2.44 bits per heavy atom. The molecule has 0 N–H and O–H groups in total. The monoisotopic (exact) mass is 366 g/mol. The first-order chi connectivity index (χ1) is 12.0. The summed E-state index contributed by atoms with van der Waals surface area (Å²) in [4.78, 5) is 0. The van der Waals surface area contributed by atoms with Gasteiger partial charge in [-0.2, -0.15) is 0 Å². The highest BCUT2D eigenvalue weighted by Crippen LogP contribution is 2.34. The quantitative estimate of drug-likeness (QED) is 0.447. The summed E-state index contributed by atoms with van der Waals surface area (Å²) in [5, 5.41) is 1.13. The fourth-order valence-corrected chi connectivity index (χ4v) is 5.66. The second-order valence-electron chi connectivity index (χ2n) is 6.97. The van der Waals surface area contributed by atoms with E-state index >= 15 is 0 Å². The lowest BCUT2D eigenvalue weighted by atomic mass is 10.1. The highest BCUT2D eigenvalue weighted by Gasteiger charge is 2.37. The first-order valence-corrected chi connectivity index (χ1v) is 12.0. The van der Waals surface area contributed by atoms with Crippen molar-refractivity contribution in [2.75, 3.05) is 13.2 Å². The first kappa shape index (κ1) is 20.4. The van der Waals surface area contributed by atoms with Gasteiger partial charge in [0.15, 0.2) is 0 Å². The minimum Gasteiger partial charge on any atom is -0.462 e. The van der Waals surface area contributed by atoms with Crippen molar-refractivity contribution in [3.8, 4) is 5.75 Å². The van der Waals surface area contributed by atoms with Gasteiger partial charge in [0, 0.05) is 32.1 Å². The van der Waals surface area contributed by atoms with Gasteiger partial charge in [0.05, 0.1) is 6.61 Å². The molecule has 0 aliphatic carbocycles. The Labute approximate surface area is 154 Å². The number of fused-ring (bicyclic) bond motifs is 1. The fourth-order valence-electron chi connectivity index (χ4n) is 3.32. The van der Waals surface area contributed by atoms with E-state index in [1.54, 1.807) is 0 Å². The molecule has 2 rings (SSSR count). The van der Waals surface area contributed by atoms with Crippen LogP contribution in [0.4, 0.5) is 0 Å². The van der Waals surface area contributed by atoms with Crippen molar-refractivity contribution in [1.82, 2.24) is 0 Å². The second kappa shape index (κ2) is 9.17. The highest BCUT2D eigenvalue weighted by atomic mass is 28.4. The summed E-state index contributed by atoms with van der Waals surface area (Å²) in [6.45, 7) is 12.3. The van der Waals surface area contributed by atoms with E-state index in [1.165, 1.54) is 19.3 Å². The van der Waals surface area contributed by atoms with Gasteiger partial charge in [-0.05, 0) is 44.1 Å². The maximum Gasteiger partial charge on any atom is 0.369 e. The number of benzene rings is 1. The molecule has 0 aromatic heterocycles. The van der Waals surface area contributed by atoms with Gasteiger partial charge in [0.1, 0.15) is 5.75 Å². The molecular formula is C20H34O4Si. The molecule has 1 aliphatic rings. The molecule has 5 heteroatoms. The zero-order valence-corrected chi connectivity index (χ0v) is 17.5. The number of hydrogen-bond acceptors (Lipinski definition) is 4. The molecule has 0 radical (unpaired) electrons. The van der Waals surface area contributed by atoms with Crippen LogP contribution in [-0.2, 0) is 20.2 Å². The molecule has 0 fully saturated rings. The Bertz CT molecular complexity index is 542. The molecule has 0 spiro atoms. The van der Waals surface area contributed by atoms with Crippen LogP contribution in [0.25, 0.3) is 0 Å². The fraction of sp³-hybridized carbons (Fsp3) is 0.700. The molecule has 1 aromatic carbocycles. The average molecular weight is 367 g/mol. The molecule has 0 saturated heterocycles. The first-order valence-electron chi connectivity index (χ1n) is 9.70. The number of ether oxygens (including phenoxy) is 2. The van der Waals surface area contributed by atoms with Gasteiger partial charge in [0.25, 0.3) is 0 Å². The van der Waals surface area contributed by atoms with Crippen LogP contribution in [0.1, 0.15) is 65.4 Å². The average Bonchev–Trinajstić information content (AvgIpc) is 2.59. The lowest BCUT2D eigenvalue weighted by Gasteiger charge is -2.36. The second-order valence-corrected chi connectivity index (χ2v) is 10.0. The van der Waals surface area contributed by atoms with Gasteiger partial charge in [-0.3, -0.25) is 0 Å². The zero-order chi connectivity index (χ0) is 18.3. The molecule has 0 saturated carbocycles. The third kappa shape index (κ3) is 5.30. The normalized spacial score (nSPS) is 20.2. The van der Waals surface area contributed by atoms with E-state index in [0.29, 0.717) is 19.8 Å². The Morgan fingerprint density at radius 1 is 1.08 bits per heavy atom. The van der Waals surface area contributed by atoms with Crippen molar-refractivity contribution in [2.45, 2.75) is 78.7 Å². The lowest BCUT2D eigenvalue weighted by Crippen LogP contribution is -2.51. The molecule has 0 bridgehead atoms. The Hall–Kier alpha value is -0.883. The molecule has 142 valence electrons. The zero-order valence-electron chi connectivity index (χ0n) is 16.5. The van der Waals surface area contributed by atoms with Crippen molar-refractivity contribution >= 4 is 13.7 Å². The topological polar surface area (TPSA) is 36.9 Å². The van der Waals surface area contributed by atoms with Crippen LogP contribution in [0.5, 0.6) is 5.75 Å². The van der Waals surface area contributed by atoms with Crippen molar-refractivity contribution in [2.24, 2.45) is 0 Å². The van der Waals surface area contributed by atoms with E-state index in [9.17, 15) is 0 Å². The van der Waals surface area contributed by atoms with E-state index in [1.807, 2.05) is 13.8 Å². The van der Waals surface area contributed by atoms with Crippen molar-refractivity contribution in [3.63, 3.8) is 0 Å². The summed E-state index contributed by atoms with van der Waals surface area (Å²) < 4.78 is 24.3. The number of hydrogen-bond donors (Lipinski definition) is 0. The van der Waals surface area contributed by atoms with Crippen LogP contribution in [0.2, 0.25) is 6.55 Å². The van der Waals surface area contributed by atoms with Gasteiger partial charge in [-0.25, -0.2) is 0 Å². The minimum absolute atomic E-state index is 0.511. The molecule has 4 nitrogen and oxygen atoms in total. The van der Waals surface area contributed by atoms with Crippen molar-refractivity contribution < 1.29 is 18.3 Å². The largest absolute Gasteiger partial charge is 0.462 e. The predicted octanol–water partition coefficient (Wildman–Crippen LogP) is 4.63. The maximum absolute atomic E-state index is 6.20. The van der Waals surface area contributed by atoms with Crippen LogP contribution in [-0.4, -0.2) is 27.6 Å². The third-order valence-corrected chi connectivity index (χ3v) is 7.81. The lowest BCUT2D eigenvalue weighted by molar-refractivity contribution is -0.198. The summed E-state index contributed by atoms with van der Waals surface area (Å²) in [5.41, 5.74) is 1.08. The molecule has 0 amide bonds. The predicted molar refractivity (Wildman–Crippen MR) is 104 cm³/mol. The maximum atomic E-state index is 6.20. The number of rotatable bonds is 10. The van der Waals surface area contributed by atoms with Crippen LogP contribution in [0, 0.1) is 0 Å². The summed E-state index contributed by atoms with van der Waals surface area (Å²) >= 11 is 0. The number of unbranched alkanes of at least 4 members (excludes halogenated alkanes) is 3. The SMILES string of the molecule is CCCCCCC1(C)OCc2cc([Si](C)(OCC)OCC)ccc2O1. The summed E-state index contributed by atoms with van der Waals surface area (Å²) in [5.74, 6) is 0.417. The van der Waals surface area contributed by atoms with Crippen LogP contribution in [0.3, 0.4) is 0 Å². The van der Waals surface area contributed by atoms with E-state index in [0.717, 1.165) is 29.3 Å². The van der Waals surface area contributed by atoms with Gasteiger partial charge in [0.2, 0.25) is 5.79 Å². The van der Waals surface area contributed by atoms with E-state index < -0.39 is 14.3 Å². The van der Waals surface area contributed by atoms with E-state index in [2.05, 4.69) is 38.6 Å². The molecular weight excluding hydrogens is 332 g/mol. The Kier molecular flexibility index (Phi) is 7.49. The molecule has 1 heterocycles. The summed E-state index contributed by atoms with van der Waals surface area (Å²) in [6, 6.07) is 6.30. The van der Waals surface area contributed by atoms with Crippen molar-refractivity contribution in [3.05, 3.63) is 23.8 Å². The van der Waals surface area contributed by atoms with E-state index in [4.69, 9.17) is 18.3 Å². The minimum atomic E-state index is -2.36.